The van der Waals surface area contributed by atoms with E-state index in [1.807, 2.05) is 40.6 Å². The van der Waals surface area contributed by atoms with E-state index >= 15 is 0 Å². The van der Waals surface area contributed by atoms with Crippen molar-refractivity contribution in [3.63, 3.8) is 0 Å². The smallest absolute Gasteiger partial charge is 0.387 e. The van der Waals surface area contributed by atoms with Crippen LogP contribution in [0.2, 0.25) is 0 Å². The van der Waals surface area contributed by atoms with Crippen LogP contribution in [0.4, 0.5) is 13.2 Å². The molecule has 3 aromatic rings. The monoisotopic (exact) mass is 503 g/mol. The molecular weight excluding hydrogens is 479 g/mol. The quantitative estimate of drug-likeness (QED) is 0.487. The van der Waals surface area contributed by atoms with E-state index in [1.165, 1.54) is 6.92 Å². The molecule has 0 amide bonds. The zero-order valence-corrected chi connectivity index (χ0v) is 19.8. The number of nitrogens with zero attached hydrogens (tertiary/aromatic N) is 5. The molecule has 184 valence electrons. The van der Waals surface area contributed by atoms with Crippen molar-refractivity contribution >= 4 is 23.0 Å². The van der Waals surface area contributed by atoms with Crippen LogP contribution >= 0.6 is 11.3 Å². The molecule has 2 aliphatic rings. The summed E-state index contributed by atoms with van der Waals surface area (Å²) in [6.45, 7) is 2.81. The third-order valence-corrected chi connectivity index (χ3v) is 7.37. The van der Waals surface area contributed by atoms with Gasteiger partial charge in [0, 0.05) is 23.4 Å². The maximum Gasteiger partial charge on any atom is 0.435 e. The lowest BCUT2D eigenvalue weighted by Crippen LogP contribution is -2.39. The van der Waals surface area contributed by atoms with Crippen LogP contribution in [0.15, 0.2) is 46.9 Å². The molecule has 11 heteroatoms. The Morgan fingerprint density at radius 1 is 1.20 bits per heavy atom. The van der Waals surface area contributed by atoms with Gasteiger partial charge in [0.15, 0.2) is 11.8 Å². The predicted octanol–water partition coefficient (Wildman–Crippen LogP) is 5.05. The largest absolute Gasteiger partial charge is 0.435 e. The third-order valence-electron chi connectivity index (χ3n) is 6.37. The van der Waals surface area contributed by atoms with Gasteiger partial charge in [0.05, 0.1) is 17.2 Å². The van der Waals surface area contributed by atoms with Crippen molar-refractivity contribution in [2.45, 2.75) is 44.4 Å². The summed E-state index contributed by atoms with van der Waals surface area (Å²) in [5, 5.41) is 10.8. The number of alkyl halides is 3. The fourth-order valence-electron chi connectivity index (χ4n) is 4.44. The molecule has 0 radical (unpaired) electrons. The molecule has 1 aromatic carbocycles. The minimum Gasteiger partial charge on any atom is -0.387 e. The predicted molar refractivity (Wildman–Crippen MR) is 125 cm³/mol. The summed E-state index contributed by atoms with van der Waals surface area (Å²) in [4.78, 5) is 25.0. The van der Waals surface area contributed by atoms with Gasteiger partial charge >= 0.3 is 6.18 Å². The topological polar surface area (TPSA) is 72.6 Å². The van der Waals surface area contributed by atoms with E-state index in [0.29, 0.717) is 19.5 Å². The Labute approximate surface area is 204 Å². The molecule has 0 aliphatic carbocycles. The van der Waals surface area contributed by atoms with Crippen molar-refractivity contribution in [3.8, 4) is 0 Å². The van der Waals surface area contributed by atoms with Gasteiger partial charge in [0.25, 0.3) is 5.91 Å². The van der Waals surface area contributed by atoms with E-state index in [9.17, 15) is 18.0 Å². The first-order chi connectivity index (χ1) is 16.8. The van der Waals surface area contributed by atoms with Gasteiger partial charge in [-0.25, -0.2) is 9.67 Å². The number of piperidine rings is 1. The van der Waals surface area contributed by atoms with Gasteiger partial charge in [0.1, 0.15) is 5.71 Å². The second kappa shape index (κ2) is 9.54. The van der Waals surface area contributed by atoms with Crippen LogP contribution in [0.1, 0.15) is 63.7 Å². The van der Waals surface area contributed by atoms with Crippen LogP contribution in [0.25, 0.3) is 0 Å². The second-order valence-electron chi connectivity index (χ2n) is 8.84. The average molecular weight is 504 g/mol. The Bertz CT molecular complexity index is 1230. The first-order valence-electron chi connectivity index (χ1n) is 11.4. The van der Waals surface area contributed by atoms with Crippen molar-refractivity contribution < 1.29 is 22.8 Å². The number of aryl methyl sites for hydroxylation is 1. The van der Waals surface area contributed by atoms with E-state index in [4.69, 9.17) is 9.82 Å². The fraction of sp³-hybridized carbons (Fsp3) is 0.417. The minimum absolute atomic E-state index is 0.0324. The summed E-state index contributed by atoms with van der Waals surface area (Å²) in [7, 11) is 0. The number of hydrogen-bond donors (Lipinski definition) is 0. The van der Waals surface area contributed by atoms with Gasteiger partial charge in [-0.05, 0) is 44.5 Å². The van der Waals surface area contributed by atoms with Crippen molar-refractivity contribution in [2.24, 2.45) is 5.16 Å². The highest BCUT2D eigenvalue weighted by atomic mass is 32.1. The Morgan fingerprint density at radius 3 is 2.63 bits per heavy atom. The van der Waals surface area contributed by atoms with Crippen molar-refractivity contribution in [2.75, 3.05) is 19.6 Å². The molecule has 2 aromatic heterocycles. The summed E-state index contributed by atoms with van der Waals surface area (Å²) >= 11 is 1.61. The minimum atomic E-state index is -4.57. The molecule has 1 saturated heterocycles. The summed E-state index contributed by atoms with van der Waals surface area (Å²) < 4.78 is 39.5. The zero-order valence-electron chi connectivity index (χ0n) is 19.0. The summed E-state index contributed by atoms with van der Waals surface area (Å²) in [5.41, 5.74) is 1.91. The average Bonchev–Trinajstić information content (AvgIpc) is 3.59. The molecule has 1 fully saturated rings. The molecule has 7 nitrogen and oxygen atoms in total. The van der Waals surface area contributed by atoms with E-state index in [1.54, 1.807) is 11.3 Å². The van der Waals surface area contributed by atoms with Crippen LogP contribution in [0, 0.1) is 6.92 Å². The molecule has 0 unspecified atom stereocenters. The standard InChI is InChI=1S/C24H24F3N5O2S/c1-15-11-21(24(25,26)27)29-32(15)22(33)13-31-9-7-17(8-10-31)23-28-19(14-35-23)18-12-20(34-30-18)16-5-3-2-4-6-16/h2-6,11,14,17,20H,7-10,12-13H2,1H3/t20-/m0/s1. The zero-order chi connectivity index (χ0) is 24.6. The van der Waals surface area contributed by atoms with Gasteiger partial charge in [-0.3, -0.25) is 9.69 Å². The fourth-order valence-corrected chi connectivity index (χ4v) is 5.44. The Kier molecular flexibility index (Phi) is 6.45. The summed E-state index contributed by atoms with van der Waals surface area (Å²) in [6, 6.07) is 10.9. The van der Waals surface area contributed by atoms with Crippen LogP contribution in [0.5, 0.6) is 0 Å². The van der Waals surface area contributed by atoms with Gasteiger partial charge in [-0.15, -0.1) is 11.3 Å². The Morgan fingerprint density at radius 2 is 1.94 bits per heavy atom. The first-order valence-corrected chi connectivity index (χ1v) is 12.3. The number of carbonyl (C=O) groups is 1. The normalized spacial score (nSPS) is 19.5. The van der Waals surface area contributed by atoms with Crippen LogP contribution in [-0.4, -0.2) is 50.9 Å². The van der Waals surface area contributed by atoms with Gasteiger partial charge in [-0.1, -0.05) is 35.5 Å². The van der Waals surface area contributed by atoms with Crippen LogP contribution < -0.4 is 0 Å². The van der Waals surface area contributed by atoms with Gasteiger partial charge < -0.3 is 4.84 Å². The molecule has 2 aliphatic heterocycles. The SMILES string of the molecule is Cc1cc(C(F)(F)F)nn1C(=O)CN1CCC(c2nc(C3=NO[C@H](c4ccccc4)C3)cs2)CC1. The molecule has 5 rings (SSSR count). The summed E-state index contributed by atoms with van der Waals surface area (Å²) in [6.07, 6.45) is -2.34. The molecule has 0 spiro atoms. The maximum atomic E-state index is 12.9. The molecule has 4 heterocycles. The molecular formula is C24H24F3N5O2S. The third kappa shape index (κ3) is 5.15. The number of thiazole rings is 1. The lowest BCUT2D eigenvalue weighted by Gasteiger charge is -2.30. The number of rotatable bonds is 5. The number of oxime groups is 1. The highest BCUT2D eigenvalue weighted by molar-refractivity contribution is 7.10. The lowest BCUT2D eigenvalue weighted by atomic mass is 9.97. The number of benzene rings is 1. The highest BCUT2D eigenvalue weighted by Gasteiger charge is 2.35. The highest BCUT2D eigenvalue weighted by Crippen LogP contribution is 2.34. The van der Waals surface area contributed by atoms with Gasteiger partial charge in [0.2, 0.25) is 0 Å². The summed E-state index contributed by atoms with van der Waals surface area (Å²) in [5.74, 6) is -0.184. The van der Waals surface area contributed by atoms with E-state index in [-0.39, 0.29) is 24.3 Å². The molecule has 0 N–H and O–H groups in total. The lowest BCUT2D eigenvalue weighted by molar-refractivity contribution is -0.141. The van der Waals surface area contributed by atoms with Gasteiger partial charge in [-0.2, -0.15) is 18.3 Å². The number of halogens is 3. The number of likely N-dealkylation sites (tertiary alicyclic amines) is 1. The van der Waals surface area contributed by atoms with Crippen molar-refractivity contribution in [1.29, 1.82) is 0 Å². The van der Waals surface area contributed by atoms with E-state index in [0.717, 1.165) is 45.6 Å². The van der Waals surface area contributed by atoms with Crippen LogP contribution in [-0.2, 0) is 11.0 Å². The molecule has 0 bridgehead atoms. The number of aromatic nitrogens is 3. The van der Waals surface area contributed by atoms with E-state index in [2.05, 4.69) is 10.3 Å². The molecule has 1 atom stereocenters. The Hall–Kier alpha value is -3.05. The molecule has 0 saturated carbocycles. The van der Waals surface area contributed by atoms with Crippen LogP contribution in [0.3, 0.4) is 0 Å². The second-order valence-corrected chi connectivity index (χ2v) is 9.73. The first kappa shape index (κ1) is 23.7. The van der Waals surface area contributed by atoms with E-state index < -0.39 is 17.8 Å². The van der Waals surface area contributed by atoms with Crippen molar-refractivity contribution in [1.82, 2.24) is 19.7 Å². The molecule has 35 heavy (non-hydrogen) atoms. The maximum absolute atomic E-state index is 12.9. The number of hydrogen-bond acceptors (Lipinski definition) is 7. The Balaban J connectivity index is 1.15. The number of carbonyl (C=O) groups excluding carboxylic acids is 1. The van der Waals surface area contributed by atoms with Crippen molar-refractivity contribution in [3.05, 3.63) is 69.4 Å².